The fourth-order valence-electron chi connectivity index (χ4n) is 2.75. The largest absolute Gasteiger partial charge is 0.493 e. The number of carbonyl (C=O) groups is 2. The number of hydrazine groups is 1. The Hall–Kier alpha value is -3.44. The molecule has 3 aromatic rings. The molecule has 0 aliphatic rings. The second-order valence-corrected chi connectivity index (χ2v) is 9.56. The van der Waals surface area contributed by atoms with Crippen molar-refractivity contribution in [2.24, 2.45) is 0 Å². The van der Waals surface area contributed by atoms with Crippen LogP contribution in [-0.4, -0.2) is 45.7 Å². The van der Waals surface area contributed by atoms with Crippen LogP contribution in [0, 0.1) is 0 Å². The van der Waals surface area contributed by atoms with Gasteiger partial charge in [0.25, 0.3) is 5.91 Å². The molecule has 2 N–H and O–H groups in total. The third kappa shape index (κ3) is 5.62. The van der Waals surface area contributed by atoms with Crippen molar-refractivity contribution in [3.8, 4) is 22.1 Å². The molecule has 3 rings (SSSR count). The number of rotatable bonds is 7. The van der Waals surface area contributed by atoms with Crippen molar-refractivity contribution in [2.75, 3.05) is 20.5 Å². The van der Waals surface area contributed by atoms with Crippen molar-refractivity contribution in [2.45, 2.75) is 11.3 Å². The maximum atomic E-state index is 12.2. The molecule has 0 saturated heterocycles. The number of hydrogen-bond acceptors (Lipinski definition) is 8. The molecule has 9 nitrogen and oxygen atoms in total. The van der Waals surface area contributed by atoms with Crippen LogP contribution < -0.4 is 20.3 Å². The summed E-state index contributed by atoms with van der Waals surface area (Å²) in [7, 11) is -0.246. The zero-order valence-corrected chi connectivity index (χ0v) is 19.2. The first-order chi connectivity index (χ1) is 15.2. The fourth-order valence-corrected chi connectivity index (χ4v) is 4.20. The van der Waals surface area contributed by atoms with Gasteiger partial charge in [0.1, 0.15) is 5.01 Å². The van der Waals surface area contributed by atoms with Crippen LogP contribution in [0.3, 0.4) is 0 Å². The van der Waals surface area contributed by atoms with Crippen LogP contribution in [0.5, 0.6) is 11.5 Å². The number of methoxy groups -OCH3 is 2. The Morgan fingerprint density at radius 1 is 1.00 bits per heavy atom. The Morgan fingerprint density at radius 3 is 2.31 bits per heavy atom. The van der Waals surface area contributed by atoms with Gasteiger partial charge in [0, 0.05) is 22.8 Å². The Labute approximate surface area is 189 Å². The number of aromatic nitrogens is 1. The van der Waals surface area contributed by atoms with E-state index in [2.05, 4.69) is 15.8 Å². The lowest BCUT2D eigenvalue weighted by atomic mass is 10.2. The normalized spacial score (nSPS) is 11.0. The van der Waals surface area contributed by atoms with E-state index in [1.165, 1.54) is 35.6 Å². The highest BCUT2D eigenvalue weighted by Crippen LogP contribution is 2.33. The third-order valence-electron chi connectivity index (χ3n) is 4.38. The number of carbonyl (C=O) groups excluding carboxylic acids is 2. The molecule has 0 spiro atoms. The number of benzene rings is 2. The standard InChI is InChI=1S/C21H21N3O6S2/c1-29-17-9-6-14(10-18(17)30-2)21-22-15(12-31-21)11-19(25)23-24-20(26)13-4-7-16(8-5-13)32(3,27)28/h4-10,12H,11H2,1-3H3,(H,23,25)(H,24,26). The van der Waals surface area contributed by atoms with Crippen molar-refractivity contribution in [3.05, 3.63) is 59.1 Å². The molecule has 0 bridgehead atoms. The van der Waals surface area contributed by atoms with Gasteiger partial charge in [-0.05, 0) is 42.5 Å². The van der Waals surface area contributed by atoms with Gasteiger partial charge in [0.2, 0.25) is 5.91 Å². The lowest BCUT2D eigenvalue weighted by Gasteiger charge is -2.08. The molecule has 0 aliphatic carbocycles. The lowest BCUT2D eigenvalue weighted by Crippen LogP contribution is -2.42. The second kappa shape index (κ2) is 9.79. The van der Waals surface area contributed by atoms with Gasteiger partial charge in [-0.2, -0.15) is 0 Å². The van der Waals surface area contributed by atoms with Gasteiger partial charge >= 0.3 is 0 Å². The number of amides is 2. The minimum Gasteiger partial charge on any atom is -0.493 e. The zero-order valence-electron chi connectivity index (χ0n) is 17.5. The summed E-state index contributed by atoms with van der Waals surface area (Å²) in [6.45, 7) is 0. The van der Waals surface area contributed by atoms with Crippen LogP contribution in [0.1, 0.15) is 16.1 Å². The highest BCUT2D eigenvalue weighted by molar-refractivity contribution is 7.90. The number of thiazole rings is 1. The van der Waals surface area contributed by atoms with E-state index in [1.807, 2.05) is 6.07 Å². The van der Waals surface area contributed by atoms with Crippen LogP contribution in [-0.2, 0) is 21.1 Å². The second-order valence-electron chi connectivity index (χ2n) is 6.69. The number of ether oxygens (including phenoxy) is 2. The first-order valence-electron chi connectivity index (χ1n) is 9.27. The molecular formula is C21H21N3O6S2. The molecule has 0 fully saturated rings. The topological polar surface area (TPSA) is 124 Å². The number of hydrogen-bond donors (Lipinski definition) is 2. The molecule has 2 amide bonds. The first kappa shape index (κ1) is 23.2. The van der Waals surface area contributed by atoms with Gasteiger partial charge in [0.05, 0.1) is 31.2 Å². The van der Waals surface area contributed by atoms with E-state index in [4.69, 9.17) is 9.47 Å². The lowest BCUT2D eigenvalue weighted by molar-refractivity contribution is -0.121. The van der Waals surface area contributed by atoms with Crippen molar-refractivity contribution in [3.63, 3.8) is 0 Å². The minimum atomic E-state index is -3.35. The number of nitrogens with zero attached hydrogens (tertiary/aromatic N) is 1. The predicted octanol–water partition coefficient (Wildman–Crippen LogP) is 2.23. The maximum absolute atomic E-state index is 12.2. The van der Waals surface area contributed by atoms with Crippen molar-refractivity contribution in [1.29, 1.82) is 0 Å². The molecule has 168 valence electrons. The quantitative estimate of drug-likeness (QED) is 0.502. The molecule has 0 radical (unpaired) electrons. The average Bonchev–Trinajstić information content (AvgIpc) is 3.24. The first-order valence-corrected chi connectivity index (χ1v) is 12.0. The van der Waals surface area contributed by atoms with Crippen LogP contribution >= 0.6 is 11.3 Å². The highest BCUT2D eigenvalue weighted by Gasteiger charge is 2.14. The van der Waals surface area contributed by atoms with Crippen molar-refractivity contribution in [1.82, 2.24) is 15.8 Å². The molecule has 0 aliphatic heterocycles. The smallest absolute Gasteiger partial charge is 0.269 e. The Morgan fingerprint density at radius 2 is 1.69 bits per heavy atom. The molecule has 0 unspecified atom stereocenters. The maximum Gasteiger partial charge on any atom is 0.269 e. The van der Waals surface area contributed by atoms with Gasteiger partial charge in [-0.15, -0.1) is 11.3 Å². The van der Waals surface area contributed by atoms with Crippen molar-refractivity contribution < 1.29 is 27.5 Å². The SMILES string of the molecule is COc1ccc(-c2nc(CC(=O)NNC(=O)c3ccc(S(C)(=O)=O)cc3)cs2)cc1OC. The molecule has 2 aromatic carbocycles. The monoisotopic (exact) mass is 475 g/mol. The van der Waals surface area contributed by atoms with Crippen LogP contribution in [0.15, 0.2) is 52.7 Å². The summed E-state index contributed by atoms with van der Waals surface area (Å²) in [4.78, 5) is 28.9. The summed E-state index contributed by atoms with van der Waals surface area (Å²) in [5.74, 6) is 0.166. The van der Waals surface area contributed by atoms with Gasteiger partial charge in [-0.1, -0.05) is 0 Å². The molecular weight excluding hydrogens is 454 g/mol. The third-order valence-corrected chi connectivity index (χ3v) is 6.45. The predicted molar refractivity (Wildman–Crippen MR) is 120 cm³/mol. The summed E-state index contributed by atoms with van der Waals surface area (Å²) in [6.07, 6.45) is 1.05. The minimum absolute atomic E-state index is 0.0307. The molecule has 0 atom stereocenters. The van der Waals surface area contributed by atoms with E-state index in [9.17, 15) is 18.0 Å². The number of nitrogens with one attached hydrogen (secondary N) is 2. The highest BCUT2D eigenvalue weighted by atomic mass is 32.2. The molecule has 11 heteroatoms. The molecule has 32 heavy (non-hydrogen) atoms. The zero-order chi connectivity index (χ0) is 23.3. The fraction of sp³-hybridized carbons (Fsp3) is 0.190. The van der Waals surface area contributed by atoms with Gasteiger partial charge in [-0.3, -0.25) is 20.4 Å². The van der Waals surface area contributed by atoms with Crippen molar-refractivity contribution >= 4 is 33.0 Å². The summed E-state index contributed by atoms with van der Waals surface area (Å²) in [5.41, 5.74) is 6.21. The van der Waals surface area contributed by atoms with Crippen LogP contribution in [0.2, 0.25) is 0 Å². The summed E-state index contributed by atoms with van der Waals surface area (Å²) in [5, 5.41) is 2.47. The number of sulfone groups is 1. The summed E-state index contributed by atoms with van der Waals surface area (Å²) in [6, 6.07) is 10.8. The van der Waals surface area contributed by atoms with E-state index < -0.39 is 21.7 Å². The van der Waals surface area contributed by atoms with Gasteiger partial charge in [0.15, 0.2) is 21.3 Å². The van der Waals surface area contributed by atoms with Gasteiger partial charge < -0.3 is 9.47 Å². The van der Waals surface area contributed by atoms with E-state index in [0.29, 0.717) is 22.2 Å². The molecule has 0 saturated carbocycles. The van der Waals surface area contributed by atoms with E-state index in [-0.39, 0.29) is 16.9 Å². The summed E-state index contributed by atoms with van der Waals surface area (Å²) >= 11 is 1.38. The van der Waals surface area contributed by atoms with E-state index >= 15 is 0 Å². The Kier molecular flexibility index (Phi) is 7.11. The van der Waals surface area contributed by atoms with Crippen LogP contribution in [0.4, 0.5) is 0 Å². The Bertz CT molecular complexity index is 1240. The molecule has 1 heterocycles. The van der Waals surface area contributed by atoms with Gasteiger partial charge in [-0.25, -0.2) is 13.4 Å². The van der Waals surface area contributed by atoms with E-state index in [1.54, 1.807) is 31.7 Å². The van der Waals surface area contributed by atoms with E-state index in [0.717, 1.165) is 11.8 Å². The van der Waals surface area contributed by atoms with Crippen LogP contribution in [0.25, 0.3) is 10.6 Å². The Balaban J connectivity index is 1.58. The molecule has 1 aromatic heterocycles. The summed E-state index contributed by atoms with van der Waals surface area (Å²) < 4.78 is 33.5. The average molecular weight is 476 g/mol.